The molecule has 1 fully saturated rings. The number of amides is 2. The summed E-state index contributed by atoms with van der Waals surface area (Å²) in [6.45, 7) is 4.90. The van der Waals surface area contributed by atoms with Crippen LogP contribution in [0.5, 0.6) is 0 Å². The summed E-state index contributed by atoms with van der Waals surface area (Å²) in [7, 11) is 0. The third-order valence-corrected chi connectivity index (χ3v) is 6.09. The summed E-state index contributed by atoms with van der Waals surface area (Å²) in [6.07, 6.45) is 1.44. The second-order valence-corrected chi connectivity index (χ2v) is 8.03. The third-order valence-electron chi connectivity index (χ3n) is 6.09. The summed E-state index contributed by atoms with van der Waals surface area (Å²) >= 11 is 0. The smallest absolute Gasteiger partial charge is 0.270 e. The number of carbonyl (C=O) groups excluding carboxylic acids is 2. The van der Waals surface area contributed by atoms with Gasteiger partial charge < -0.3 is 14.4 Å². The van der Waals surface area contributed by atoms with Crippen molar-refractivity contribution >= 4 is 28.4 Å². The van der Waals surface area contributed by atoms with E-state index in [9.17, 15) is 14.9 Å². The van der Waals surface area contributed by atoms with Gasteiger partial charge in [0.2, 0.25) is 5.91 Å². The number of carbonyl (C=O) groups is 2. The highest BCUT2D eigenvalue weighted by Crippen LogP contribution is 2.28. The molecule has 1 aliphatic rings. The Balaban J connectivity index is 1.54. The highest BCUT2D eigenvalue weighted by molar-refractivity contribution is 5.99. The van der Waals surface area contributed by atoms with E-state index in [0.717, 1.165) is 35.0 Å². The van der Waals surface area contributed by atoms with Crippen LogP contribution in [0.15, 0.2) is 54.6 Å². The number of nitriles is 1. The number of benzene rings is 2. The highest BCUT2D eigenvalue weighted by atomic mass is 16.2. The first-order valence-electron chi connectivity index (χ1n) is 10.6. The van der Waals surface area contributed by atoms with Crippen LogP contribution in [0, 0.1) is 18.3 Å². The van der Waals surface area contributed by atoms with E-state index in [0.29, 0.717) is 18.8 Å². The number of fused-ring (bicyclic) bond motifs is 1. The average Bonchev–Trinajstić information content (AvgIpc) is 3.14. The van der Waals surface area contributed by atoms with E-state index in [1.54, 1.807) is 11.5 Å². The SMILES string of the molecule is CC(=O)N(c1ccccc1C)C1CCN(C(=O)c2cc3ccccc3n2CC#N)CC1. The quantitative estimate of drug-likeness (QED) is 0.645. The minimum absolute atomic E-state index is 0.0215. The molecule has 0 radical (unpaired) electrons. The Morgan fingerprint density at radius 2 is 1.77 bits per heavy atom. The van der Waals surface area contributed by atoms with Gasteiger partial charge in [-0.3, -0.25) is 9.59 Å². The van der Waals surface area contributed by atoms with E-state index >= 15 is 0 Å². The summed E-state index contributed by atoms with van der Waals surface area (Å²) in [5.74, 6) is -0.0385. The van der Waals surface area contributed by atoms with Gasteiger partial charge in [-0.05, 0) is 43.5 Å². The largest absolute Gasteiger partial charge is 0.337 e. The fourth-order valence-electron chi connectivity index (χ4n) is 4.57. The fraction of sp³-hybridized carbons (Fsp3) is 0.320. The first-order valence-corrected chi connectivity index (χ1v) is 10.6. The lowest BCUT2D eigenvalue weighted by atomic mass is 10.0. The monoisotopic (exact) mass is 414 g/mol. The van der Waals surface area contributed by atoms with Crippen LogP contribution in [0.4, 0.5) is 5.69 Å². The molecular weight excluding hydrogens is 388 g/mol. The molecule has 3 aromatic rings. The first-order chi connectivity index (χ1) is 15.0. The molecule has 1 aliphatic heterocycles. The molecule has 2 aromatic carbocycles. The number of likely N-dealkylation sites (tertiary alicyclic amines) is 1. The molecule has 1 saturated heterocycles. The number of para-hydroxylation sites is 2. The van der Waals surface area contributed by atoms with Crippen molar-refractivity contribution in [3.8, 4) is 6.07 Å². The minimum atomic E-state index is -0.0600. The van der Waals surface area contributed by atoms with Crippen LogP contribution < -0.4 is 4.90 Å². The van der Waals surface area contributed by atoms with Gasteiger partial charge in [-0.2, -0.15) is 5.26 Å². The Morgan fingerprint density at radius 1 is 1.10 bits per heavy atom. The molecule has 0 N–H and O–H groups in total. The number of rotatable bonds is 4. The van der Waals surface area contributed by atoms with Crippen molar-refractivity contribution in [1.82, 2.24) is 9.47 Å². The second-order valence-electron chi connectivity index (χ2n) is 8.03. The molecule has 6 heteroatoms. The van der Waals surface area contributed by atoms with Gasteiger partial charge >= 0.3 is 0 Å². The summed E-state index contributed by atoms with van der Waals surface area (Å²) in [5, 5.41) is 10.2. The van der Waals surface area contributed by atoms with E-state index < -0.39 is 0 Å². The molecule has 0 bridgehead atoms. The van der Waals surface area contributed by atoms with E-state index in [2.05, 4.69) is 6.07 Å². The molecular formula is C25H26N4O2. The Morgan fingerprint density at radius 3 is 2.45 bits per heavy atom. The summed E-state index contributed by atoms with van der Waals surface area (Å²) in [4.78, 5) is 29.5. The number of aryl methyl sites for hydroxylation is 1. The van der Waals surface area contributed by atoms with Crippen LogP contribution in [0.2, 0.25) is 0 Å². The molecule has 2 amide bonds. The van der Waals surface area contributed by atoms with Gasteiger partial charge in [0, 0.05) is 42.6 Å². The van der Waals surface area contributed by atoms with Crippen molar-refractivity contribution in [3.05, 3.63) is 65.9 Å². The maximum Gasteiger partial charge on any atom is 0.270 e. The molecule has 31 heavy (non-hydrogen) atoms. The molecule has 2 heterocycles. The van der Waals surface area contributed by atoms with Crippen molar-refractivity contribution < 1.29 is 9.59 Å². The van der Waals surface area contributed by atoms with Gasteiger partial charge in [-0.15, -0.1) is 0 Å². The van der Waals surface area contributed by atoms with E-state index in [4.69, 9.17) is 0 Å². The maximum absolute atomic E-state index is 13.3. The molecule has 158 valence electrons. The first kappa shape index (κ1) is 20.7. The lowest BCUT2D eigenvalue weighted by molar-refractivity contribution is -0.117. The molecule has 0 saturated carbocycles. The van der Waals surface area contributed by atoms with Crippen LogP contribution in [-0.2, 0) is 11.3 Å². The van der Waals surface area contributed by atoms with Crippen molar-refractivity contribution in [2.24, 2.45) is 0 Å². The summed E-state index contributed by atoms with van der Waals surface area (Å²) in [6, 6.07) is 19.7. The van der Waals surface area contributed by atoms with Gasteiger partial charge in [0.15, 0.2) is 0 Å². The van der Waals surface area contributed by atoms with E-state index in [1.807, 2.05) is 71.3 Å². The lowest BCUT2D eigenvalue weighted by Crippen LogP contribution is -2.49. The van der Waals surface area contributed by atoms with Crippen molar-refractivity contribution in [1.29, 1.82) is 5.26 Å². The molecule has 1 aromatic heterocycles. The Kier molecular flexibility index (Phi) is 5.77. The molecule has 0 spiro atoms. The Hall–Kier alpha value is -3.59. The van der Waals surface area contributed by atoms with E-state index in [1.165, 1.54) is 0 Å². The average molecular weight is 415 g/mol. The zero-order valence-electron chi connectivity index (χ0n) is 17.9. The van der Waals surface area contributed by atoms with Gasteiger partial charge in [-0.25, -0.2) is 0 Å². The van der Waals surface area contributed by atoms with Crippen LogP contribution in [0.3, 0.4) is 0 Å². The minimum Gasteiger partial charge on any atom is -0.337 e. The van der Waals surface area contributed by atoms with Gasteiger partial charge in [0.05, 0.1) is 6.07 Å². The number of hydrogen-bond donors (Lipinski definition) is 0. The maximum atomic E-state index is 13.3. The highest BCUT2D eigenvalue weighted by Gasteiger charge is 2.31. The molecule has 0 unspecified atom stereocenters. The van der Waals surface area contributed by atoms with Gasteiger partial charge in [0.25, 0.3) is 5.91 Å². The number of anilines is 1. The Bertz CT molecular complexity index is 1170. The second kappa shape index (κ2) is 8.65. The van der Waals surface area contributed by atoms with E-state index in [-0.39, 0.29) is 24.4 Å². The van der Waals surface area contributed by atoms with Crippen molar-refractivity contribution in [2.75, 3.05) is 18.0 Å². The lowest BCUT2D eigenvalue weighted by Gasteiger charge is -2.38. The van der Waals surface area contributed by atoms with Crippen LogP contribution in [-0.4, -0.2) is 40.4 Å². The molecule has 0 aliphatic carbocycles. The number of hydrogen-bond acceptors (Lipinski definition) is 3. The van der Waals surface area contributed by atoms with Crippen LogP contribution in [0.1, 0.15) is 35.8 Å². The topological polar surface area (TPSA) is 69.3 Å². The molecule has 0 atom stereocenters. The standard InChI is InChI=1S/C25H26N4O2/c1-18-7-3-5-9-22(18)29(19(2)30)21-11-14-27(15-12-21)25(31)24-17-20-8-4-6-10-23(20)28(24)16-13-26/h3-10,17,21H,11-12,14-16H2,1-2H3. The van der Waals surface area contributed by atoms with Crippen molar-refractivity contribution in [3.63, 3.8) is 0 Å². The van der Waals surface area contributed by atoms with Crippen LogP contribution >= 0.6 is 0 Å². The summed E-state index contributed by atoms with van der Waals surface area (Å²) in [5.41, 5.74) is 3.44. The van der Waals surface area contributed by atoms with Gasteiger partial charge in [-0.1, -0.05) is 36.4 Å². The summed E-state index contributed by atoms with van der Waals surface area (Å²) < 4.78 is 1.79. The normalized spacial score (nSPS) is 14.4. The molecule has 6 nitrogen and oxygen atoms in total. The number of nitrogens with zero attached hydrogens (tertiary/aromatic N) is 4. The number of aromatic nitrogens is 1. The third kappa shape index (κ3) is 3.91. The van der Waals surface area contributed by atoms with Gasteiger partial charge in [0.1, 0.15) is 12.2 Å². The Labute approximate surface area is 182 Å². The molecule has 4 rings (SSSR count). The zero-order chi connectivity index (χ0) is 22.0. The predicted molar refractivity (Wildman–Crippen MR) is 121 cm³/mol. The number of piperidine rings is 1. The fourth-order valence-corrected chi connectivity index (χ4v) is 4.57. The zero-order valence-corrected chi connectivity index (χ0v) is 17.9. The van der Waals surface area contributed by atoms with Crippen molar-refractivity contribution in [2.45, 2.75) is 39.3 Å². The predicted octanol–water partition coefficient (Wildman–Crippen LogP) is 4.13. The van der Waals surface area contributed by atoms with Crippen LogP contribution in [0.25, 0.3) is 10.9 Å².